The van der Waals surface area contributed by atoms with Gasteiger partial charge in [-0.05, 0) is 44.1 Å². The highest BCUT2D eigenvalue weighted by molar-refractivity contribution is 5.81. The Kier molecular flexibility index (Phi) is 7.06. The minimum atomic E-state index is 0.0467. The van der Waals surface area contributed by atoms with Gasteiger partial charge < -0.3 is 15.0 Å². The molecule has 1 aromatic carbocycles. The molecule has 3 rings (SSSR count). The number of nitrogens with zero attached hydrogens (tertiary/aromatic N) is 1. The third-order valence-electron chi connectivity index (χ3n) is 5.53. The van der Waals surface area contributed by atoms with Crippen molar-refractivity contribution in [1.82, 2.24) is 10.2 Å². The number of piperidine rings is 1. The lowest BCUT2D eigenvalue weighted by atomic mass is 9.93. The van der Waals surface area contributed by atoms with E-state index in [1.165, 1.54) is 5.56 Å². The molecule has 142 valence electrons. The smallest absolute Gasteiger partial charge is 0.225 e. The van der Waals surface area contributed by atoms with E-state index in [2.05, 4.69) is 17.4 Å². The van der Waals surface area contributed by atoms with Crippen molar-refractivity contribution in [3.63, 3.8) is 0 Å². The van der Waals surface area contributed by atoms with Crippen molar-refractivity contribution in [3.8, 4) is 0 Å². The van der Waals surface area contributed by atoms with Gasteiger partial charge in [0.15, 0.2) is 0 Å². The molecule has 2 aliphatic rings. The van der Waals surface area contributed by atoms with Crippen LogP contribution in [0.25, 0.3) is 0 Å². The Bertz CT molecular complexity index is 576. The molecule has 0 unspecified atom stereocenters. The summed E-state index contributed by atoms with van der Waals surface area (Å²) in [6.07, 6.45) is 5.16. The fourth-order valence-corrected chi connectivity index (χ4v) is 3.86. The van der Waals surface area contributed by atoms with E-state index in [-0.39, 0.29) is 23.7 Å². The average Bonchev–Trinajstić information content (AvgIpc) is 2.72. The van der Waals surface area contributed by atoms with Crippen LogP contribution in [0, 0.1) is 11.8 Å². The molecule has 0 aliphatic carbocycles. The zero-order valence-corrected chi connectivity index (χ0v) is 15.5. The van der Waals surface area contributed by atoms with Crippen LogP contribution in [-0.4, -0.2) is 49.6 Å². The minimum Gasteiger partial charge on any atom is -0.381 e. The molecule has 2 aliphatic heterocycles. The summed E-state index contributed by atoms with van der Waals surface area (Å²) in [5, 5.41) is 3.07. The van der Waals surface area contributed by atoms with Crippen molar-refractivity contribution < 1.29 is 14.3 Å². The van der Waals surface area contributed by atoms with Crippen molar-refractivity contribution in [2.45, 2.75) is 38.5 Å². The van der Waals surface area contributed by atoms with Crippen molar-refractivity contribution in [2.75, 3.05) is 32.8 Å². The first-order valence-corrected chi connectivity index (χ1v) is 9.92. The Balaban J connectivity index is 1.33. The summed E-state index contributed by atoms with van der Waals surface area (Å²) in [6.45, 7) is 3.52. The number of rotatable bonds is 6. The molecule has 0 aromatic heterocycles. The summed E-state index contributed by atoms with van der Waals surface area (Å²) in [4.78, 5) is 26.9. The molecule has 0 bridgehead atoms. The second kappa shape index (κ2) is 9.72. The third kappa shape index (κ3) is 5.31. The van der Waals surface area contributed by atoms with Crippen molar-refractivity contribution >= 4 is 11.8 Å². The molecule has 5 heteroatoms. The molecule has 1 aromatic rings. The van der Waals surface area contributed by atoms with Gasteiger partial charge in [0.25, 0.3) is 0 Å². The molecule has 2 fully saturated rings. The molecule has 2 heterocycles. The molecule has 0 atom stereocenters. The summed E-state index contributed by atoms with van der Waals surface area (Å²) < 4.78 is 5.34. The predicted molar refractivity (Wildman–Crippen MR) is 101 cm³/mol. The molecular weight excluding hydrogens is 328 g/mol. The molecule has 5 nitrogen and oxygen atoms in total. The van der Waals surface area contributed by atoms with E-state index in [0.717, 1.165) is 45.1 Å². The van der Waals surface area contributed by atoms with Gasteiger partial charge in [0.1, 0.15) is 0 Å². The maximum absolute atomic E-state index is 12.5. The SMILES string of the molecule is O=C(NCCCc1ccccc1)C1CCN(C(=O)C2CCOCC2)CC1. The number of benzene rings is 1. The molecule has 0 saturated carbocycles. The largest absolute Gasteiger partial charge is 0.381 e. The normalized spacial score (nSPS) is 19.3. The van der Waals surface area contributed by atoms with E-state index in [1.807, 2.05) is 23.1 Å². The third-order valence-corrected chi connectivity index (χ3v) is 5.53. The van der Waals surface area contributed by atoms with E-state index < -0.39 is 0 Å². The van der Waals surface area contributed by atoms with Gasteiger partial charge >= 0.3 is 0 Å². The Morgan fingerprint density at radius 2 is 1.69 bits per heavy atom. The summed E-state index contributed by atoms with van der Waals surface area (Å²) in [7, 11) is 0. The van der Waals surface area contributed by atoms with E-state index in [9.17, 15) is 9.59 Å². The summed E-state index contributed by atoms with van der Waals surface area (Å²) in [5.74, 6) is 0.573. The lowest BCUT2D eigenvalue weighted by Crippen LogP contribution is -2.46. The minimum absolute atomic E-state index is 0.0467. The van der Waals surface area contributed by atoms with Crippen LogP contribution in [0.15, 0.2) is 30.3 Å². The topological polar surface area (TPSA) is 58.6 Å². The molecule has 0 radical (unpaired) electrons. The van der Waals surface area contributed by atoms with Gasteiger partial charge in [0, 0.05) is 44.7 Å². The second-order valence-corrected chi connectivity index (χ2v) is 7.37. The Labute approximate surface area is 156 Å². The van der Waals surface area contributed by atoms with Crippen LogP contribution in [0.4, 0.5) is 0 Å². The van der Waals surface area contributed by atoms with Gasteiger partial charge in [0.05, 0.1) is 0 Å². The van der Waals surface area contributed by atoms with Gasteiger partial charge in [-0.25, -0.2) is 0 Å². The maximum atomic E-state index is 12.5. The monoisotopic (exact) mass is 358 g/mol. The van der Waals surface area contributed by atoms with Gasteiger partial charge in [-0.1, -0.05) is 30.3 Å². The number of amides is 2. The second-order valence-electron chi connectivity index (χ2n) is 7.37. The zero-order valence-electron chi connectivity index (χ0n) is 15.5. The van der Waals surface area contributed by atoms with Crippen molar-refractivity contribution in [1.29, 1.82) is 0 Å². The fourth-order valence-electron chi connectivity index (χ4n) is 3.86. The van der Waals surface area contributed by atoms with Crippen molar-refractivity contribution in [2.24, 2.45) is 11.8 Å². The van der Waals surface area contributed by atoms with E-state index in [1.54, 1.807) is 0 Å². The van der Waals surface area contributed by atoms with E-state index >= 15 is 0 Å². The Hall–Kier alpha value is -1.88. The molecule has 0 spiro atoms. The predicted octanol–water partition coefficient (Wildman–Crippen LogP) is 2.40. The quantitative estimate of drug-likeness (QED) is 0.795. The number of likely N-dealkylation sites (tertiary alicyclic amines) is 1. The van der Waals surface area contributed by atoms with Gasteiger partial charge in [0.2, 0.25) is 11.8 Å². The first kappa shape index (κ1) is 18.9. The molecule has 2 amide bonds. The van der Waals surface area contributed by atoms with Crippen LogP contribution in [0.5, 0.6) is 0 Å². The van der Waals surface area contributed by atoms with Crippen LogP contribution in [0.1, 0.15) is 37.7 Å². The summed E-state index contributed by atoms with van der Waals surface area (Å²) in [6, 6.07) is 10.3. The summed E-state index contributed by atoms with van der Waals surface area (Å²) >= 11 is 0. The number of carbonyl (C=O) groups is 2. The highest BCUT2D eigenvalue weighted by atomic mass is 16.5. The van der Waals surface area contributed by atoms with Crippen LogP contribution in [0.3, 0.4) is 0 Å². The van der Waals surface area contributed by atoms with Crippen LogP contribution < -0.4 is 5.32 Å². The number of aryl methyl sites for hydroxylation is 1. The number of ether oxygens (including phenoxy) is 1. The lowest BCUT2D eigenvalue weighted by Gasteiger charge is -2.34. The average molecular weight is 358 g/mol. The van der Waals surface area contributed by atoms with Gasteiger partial charge in [-0.2, -0.15) is 0 Å². The number of carbonyl (C=O) groups excluding carboxylic acids is 2. The maximum Gasteiger partial charge on any atom is 0.225 e. The number of hydrogen-bond donors (Lipinski definition) is 1. The molecular formula is C21H30N2O3. The first-order chi connectivity index (χ1) is 12.7. The standard InChI is InChI=1S/C21H30N2O3/c24-20(22-12-4-7-17-5-2-1-3-6-17)18-8-13-23(14-9-18)21(25)19-10-15-26-16-11-19/h1-3,5-6,18-19H,4,7-16H2,(H,22,24). The van der Waals surface area contributed by atoms with Crippen LogP contribution >= 0.6 is 0 Å². The van der Waals surface area contributed by atoms with E-state index in [4.69, 9.17) is 4.74 Å². The Morgan fingerprint density at radius 3 is 2.38 bits per heavy atom. The van der Waals surface area contributed by atoms with E-state index in [0.29, 0.717) is 26.3 Å². The first-order valence-electron chi connectivity index (χ1n) is 9.92. The molecule has 2 saturated heterocycles. The lowest BCUT2D eigenvalue weighted by molar-refractivity contribution is -0.141. The molecule has 26 heavy (non-hydrogen) atoms. The fraction of sp³-hybridized carbons (Fsp3) is 0.619. The number of hydrogen-bond acceptors (Lipinski definition) is 3. The van der Waals surface area contributed by atoms with Gasteiger partial charge in [-0.3, -0.25) is 9.59 Å². The van der Waals surface area contributed by atoms with Crippen LogP contribution in [0.2, 0.25) is 0 Å². The van der Waals surface area contributed by atoms with Crippen molar-refractivity contribution in [3.05, 3.63) is 35.9 Å². The van der Waals surface area contributed by atoms with Gasteiger partial charge in [-0.15, -0.1) is 0 Å². The zero-order chi connectivity index (χ0) is 18.2. The highest BCUT2D eigenvalue weighted by Gasteiger charge is 2.31. The van der Waals surface area contributed by atoms with Crippen LogP contribution in [-0.2, 0) is 20.7 Å². The summed E-state index contributed by atoms with van der Waals surface area (Å²) in [5.41, 5.74) is 1.31. The number of nitrogens with one attached hydrogen (secondary N) is 1. The highest BCUT2D eigenvalue weighted by Crippen LogP contribution is 2.23. The molecule has 1 N–H and O–H groups in total. The Morgan fingerprint density at radius 1 is 1.00 bits per heavy atom.